The van der Waals surface area contributed by atoms with Crippen LogP contribution in [0.2, 0.25) is 0 Å². The molecule has 1 N–H and O–H groups in total. The fourth-order valence-electron chi connectivity index (χ4n) is 1.91. The summed E-state index contributed by atoms with van der Waals surface area (Å²) in [5, 5.41) is 20.1. The van der Waals surface area contributed by atoms with E-state index >= 15 is 0 Å². The van der Waals surface area contributed by atoms with Crippen LogP contribution >= 0.6 is 0 Å². The summed E-state index contributed by atoms with van der Waals surface area (Å²) in [5.74, 6) is -2.26. The highest BCUT2D eigenvalue weighted by molar-refractivity contribution is 6.04. The van der Waals surface area contributed by atoms with Crippen molar-refractivity contribution in [3.63, 3.8) is 0 Å². The summed E-state index contributed by atoms with van der Waals surface area (Å²) in [6, 6.07) is 3.01. The normalized spacial score (nSPS) is 11.0. The first-order valence-electron chi connectivity index (χ1n) is 5.83. The van der Waals surface area contributed by atoms with Gasteiger partial charge in [-0.1, -0.05) is 13.8 Å². The summed E-state index contributed by atoms with van der Waals surface area (Å²) in [7, 11) is 0. The number of carboxylic acids is 1. The van der Waals surface area contributed by atoms with Crippen LogP contribution in [-0.2, 0) is 0 Å². The molecule has 0 fully saturated rings. The fourth-order valence-corrected chi connectivity index (χ4v) is 1.91. The molecule has 7 heteroatoms. The standard InChI is InChI=1S/C13H11FN2O4/c1-6(2)10-5-9(13(17)18)8-3-7(14)4-11(16(19)20)12(8)15-10/h3-6H,1-2H3,(H,17,18). The van der Waals surface area contributed by atoms with Gasteiger partial charge in [0.15, 0.2) is 0 Å². The number of rotatable bonds is 3. The first kappa shape index (κ1) is 13.9. The van der Waals surface area contributed by atoms with E-state index in [9.17, 15) is 24.4 Å². The van der Waals surface area contributed by atoms with Gasteiger partial charge in [-0.2, -0.15) is 0 Å². The second-order valence-corrected chi connectivity index (χ2v) is 4.63. The summed E-state index contributed by atoms with van der Waals surface area (Å²) in [6.07, 6.45) is 0. The second-order valence-electron chi connectivity index (χ2n) is 4.63. The minimum absolute atomic E-state index is 0.0754. The van der Waals surface area contributed by atoms with Gasteiger partial charge in [-0.15, -0.1) is 0 Å². The van der Waals surface area contributed by atoms with Gasteiger partial charge in [0.1, 0.15) is 11.3 Å². The topological polar surface area (TPSA) is 93.3 Å². The van der Waals surface area contributed by atoms with E-state index in [1.54, 1.807) is 13.8 Å². The largest absolute Gasteiger partial charge is 0.478 e. The van der Waals surface area contributed by atoms with Crippen molar-refractivity contribution < 1.29 is 19.2 Å². The van der Waals surface area contributed by atoms with Crippen LogP contribution in [0.5, 0.6) is 0 Å². The Labute approximate surface area is 113 Å². The number of hydrogen-bond donors (Lipinski definition) is 1. The van der Waals surface area contributed by atoms with Gasteiger partial charge in [0.2, 0.25) is 0 Å². The monoisotopic (exact) mass is 278 g/mol. The van der Waals surface area contributed by atoms with Crippen LogP contribution in [0.25, 0.3) is 10.9 Å². The van der Waals surface area contributed by atoms with E-state index in [1.807, 2.05) is 0 Å². The highest BCUT2D eigenvalue weighted by Gasteiger charge is 2.22. The van der Waals surface area contributed by atoms with Gasteiger partial charge >= 0.3 is 5.97 Å². The third-order valence-corrected chi connectivity index (χ3v) is 2.90. The number of halogens is 1. The van der Waals surface area contributed by atoms with Crippen molar-refractivity contribution in [3.8, 4) is 0 Å². The lowest BCUT2D eigenvalue weighted by molar-refractivity contribution is -0.383. The van der Waals surface area contributed by atoms with E-state index in [1.165, 1.54) is 6.07 Å². The number of hydrogen-bond acceptors (Lipinski definition) is 4. The highest BCUT2D eigenvalue weighted by atomic mass is 19.1. The number of non-ortho nitro benzene ring substituents is 1. The third kappa shape index (κ3) is 2.29. The van der Waals surface area contributed by atoms with Gasteiger partial charge in [0.05, 0.1) is 16.6 Å². The molecule has 2 aromatic rings. The summed E-state index contributed by atoms with van der Waals surface area (Å²) < 4.78 is 13.4. The molecule has 1 heterocycles. The van der Waals surface area contributed by atoms with Crippen LogP contribution in [0, 0.1) is 15.9 Å². The van der Waals surface area contributed by atoms with E-state index in [-0.39, 0.29) is 22.4 Å². The number of aromatic carboxylic acids is 1. The molecule has 0 aliphatic rings. The Bertz CT molecular complexity index is 728. The maximum absolute atomic E-state index is 13.4. The van der Waals surface area contributed by atoms with Crippen molar-refractivity contribution >= 4 is 22.6 Å². The lowest BCUT2D eigenvalue weighted by Crippen LogP contribution is -2.05. The Morgan fingerprint density at radius 1 is 1.40 bits per heavy atom. The van der Waals surface area contributed by atoms with Crippen molar-refractivity contribution in [1.82, 2.24) is 4.98 Å². The Morgan fingerprint density at radius 2 is 2.05 bits per heavy atom. The molecule has 1 aromatic carbocycles. The maximum atomic E-state index is 13.4. The summed E-state index contributed by atoms with van der Waals surface area (Å²) in [5.41, 5.74) is -0.434. The van der Waals surface area contributed by atoms with Crippen LogP contribution in [0.1, 0.15) is 35.8 Å². The van der Waals surface area contributed by atoms with Crippen LogP contribution < -0.4 is 0 Å². The molecular formula is C13H11FN2O4. The smallest absolute Gasteiger partial charge is 0.336 e. The molecule has 0 aliphatic carbocycles. The zero-order valence-electron chi connectivity index (χ0n) is 10.8. The minimum Gasteiger partial charge on any atom is -0.478 e. The zero-order chi connectivity index (χ0) is 15.0. The average molecular weight is 278 g/mol. The SMILES string of the molecule is CC(C)c1cc(C(=O)O)c2cc(F)cc([N+](=O)[O-])c2n1. The molecule has 0 amide bonds. The summed E-state index contributed by atoms with van der Waals surface area (Å²) in [4.78, 5) is 25.6. The number of carboxylic acid groups (broad SMARTS) is 1. The molecule has 104 valence electrons. The zero-order valence-corrected chi connectivity index (χ0v) is 10.8. The predicted octanol–water partition coefficient (Wildman–Crippen LogP) is 3.10. The molecular weight excluding hydrogens is 267 g/mol. The Hall–Kier alpha value is -2.57. The Balaban J connectivity index is 2.96. The third-order valence-electron chi connectivity index (χ3n) is 2.90. The minimum atomic E-state index is -1.28. The predicted molar refractivity (Wildman–Crippen MR) is 69.4 cm³/mol. The van der Waals surface area contributed by atoms with E-state index in [4.69, 9.17) is 0 Å². The lowest BCUT2D eigenvalue weighted by Gasteiger charge is -2.09. The molecule has 1 aromatic heterocycles. The van der Waals surface area contributed by atoms with Crippen molar-refractivity contribution in [2.45, 2.75) is 19.8 Å². The molecule has 20 heavy (non-hydrogen) atoms. The molecule has 0 aliphatic heterocycles. The molecule has 0 unspecified atom stereocenters. The van der Waals surface area contributed by atoms with Crippen molar-refractivity contribution in [2.75, 3.05) is 0 Å². The number of nitro groups is 1. The number of aromatic nitrogens is 1. The van der Waals surface area contributed by atoms with E-state index < -0.39 is 22.4 Å². The van der Waals surface area contributed by atoms with Crippen molar-refractivity contribution in [3.05, 3.63) is 45.4 Å². The van der Waals surface area contributed by atoms with Crippen molar-refractivity contribution in [1.29, 1.82) is 0 Å². The molecule has 0 bridgehead atoms. The van der Waals surface area contributed by atoms with Crippen LogP contribution in [-0.4, -0.2) is 21.0 Å². The average Bonchev–Trinajstić information content (AvgIpc) is 2.35. The fraction of sp³-hybridized carbons (Fsp3) is 0.231. The molecule has 6 nitrogen and oxygen atoms in total. The second kappa shape index (κ2) is 4.84. The highest BCUT2D eigenvalue weighted by Crippen LogP contribution is 2.30. The molecule has 0 atom stereocenters. The number of carbonyl (C=O) groups is 1. The molecule has 2 rings (SSSR count). The van der Waals surface area contributed by atoms with E-state index in [2.05, 4.69) is 4.98 Å². The van der Waals surface area contributed by atoms with Gasteiger partial charge in [0, 0.05) is 11.1 Å². The summed E-state index contributed by atoms with van der Waals surface area (Å²) >= 11 is 0. The number of benzene rings is 1. The van der Waals surface area contributed by atoms with Gasteiger partial charge < -0.3 is 5.11 Å². The van der Waals surface area contributed by atoms with E-state index in [0.717, 1.165) is 12.1 Å². The molecule has 0 radical (unpaired) electrons. The van der Waals surface area contributed by atoms with Crippen molar-refractivity contribution in [2.24, 2.45) is 0 Å². The number of pyridine rings is 1. The number of nitro benzene ring substituents is 1. The van der Waals surface area contributed by atoms with Crippen LogP contribution in [0.4, 0.5) is 10.1 Å². The molecule has 0 saturated heterocycles. The van der Waals surface area contributed by atoms with Gasteiger partial charge in [-0.05, 0) is 18.1 Å². The lowest BCUT2D eigenvalue weighted by atomic mass is 10.0. The van der Waals surface area contributed by atoms with E-state index in [0.29, 0.717) is 5.69 Å². The quantitative estimate of drug-likeness (QED) is 0.687. The number of fused-ring (bicyclic) bond motifs is 1. The van der Waals surface area contributed by atoms with Gasteiger partial charge in [0.25, 0.3) is 5.69 Å². The molecule has 0 spiro atoms. The van der Waals surface area contributed by atoms with Crippen LogP contribution in [0.15, 0.2) is 18.2 Å². The first-order valence-corrected chi connectivity index (χ1v) is 5.83. The van der Waals surface area contributed by atoms with Crippen LogP contribution in [0.3, 0.4) is 0 Å². The Morgan fingerprint density at radius 3 is 2.55 bits per heavy atom. The number of nitrogens with zero attached hydrogens (tertiary/aromatic N) is 2. The van der Waals surface area contributed by atoms with Gasteiger partial charge in [-0.25, -0.2) is 14.2 Å². The summed E-state index contributed by atoms with van der Waals surface area (Å²) in [6.45, 7) is 3.57. The maximum Gasteiger partial charge on any atom is 0.336 e. The van der Waals surface area contributed by atoms with Gasteiger partial charge in [-0.3, -0.25) is 10.1 Å². The Kier molecular flexibility index (Phi) is 3.35. The first-order chi connectivity index (χ1) is 9.31. The molecule has 0 saturated carbocycles.